The van der Waals surface area contributed by atoms with Gasteiger partial charge in [0.1, 0.15) is 18.7 Å². The zero-order valence-electron chi connectivity index (χ0n) is 12.9. The minimum Gasteiger partial charge on any atom is -0.334 e. The summed E-state index contributed by atoms with van der Waals surface area (Å²) in [5, 5.41) is 14.4. The number of halogens is 1. The Hall–Kier alpha value is -1.61. The van der Waals surface area contributed by atoms with Crippen molar-refractivity contribution in [2.75, 3.05) is 31.5 Å². The number of nitrogens with two attached hydrogens (primary N) is 1. The van der Waals surface area contributed by atoms with E-state index < -0.39 is 0 Å². The van der Waals surface area contributed by atoms with Crippen LogP contribution >= 0.6 is 11.6 Å². The van der Waals surface area contributed by atoms with Gasteiger partial charge >= 0.3 is 0 Å². The van der Waals surface area contributed by atoms with Gasteiger partial charge in [-0.15, -0.1) is 0 Å². The van der Waals surface area contributed by atoms with Crippen molar-refractivity contribution < 1.29 is 15.0 Å². The third-order valence-electron chi connectivity index (χ3n) is 4.24. The predicted octanol–water partition coefficient (Wildman–Crippen LogP) is -0.219. The molecule has 5 nitrogen and oxygen atoms in total. The highest BCUT2D eigenvalue weighted by atomic mass is 35.5. The molecule has 0 spiro atoms. The highest BCUT2D eigenvalue weighted by molar-refractivity contribution is 6.31. The van der Waals surface area contributed by atoms with Crippen LogP contribution in [0.2, 0.25) is 5.02 Å². The summed E-state index contributed by atoms with van der Waals surface area (Å²) in [4.78, 5) is 13.7. The lowest BCUT2D eigenvalue weighted by atomic mass is 10.2. The molecule has 0 radical (unpaired) electrons. The number of likely N-dealkylation sites (N-methyl/N-ethyl adjacent to an activating group) is 1. The molecule has 2 atom stereocenters. The van der Waals surface area contributed by atoms with E-state index in [1.807, 2.05) is 0 Å². The van der Waals surface area contributed by atoms with Crippen LogP contribution in [0.25, 0.3) is 0 Å². The monoisotopic (exact) mass is 322 g/mol. The number of nitrogens with one attached hydrogen (secondary N) is 2. The van der Waals surface area contributed by atoms with Crippen LogP contribution in [0.1, 0.15) is 25.3 Å². The van der Waals surface area contributed by atoms with Gasteiger partial charge in [-0.2, -0.15) is 5.26 Å². The van der Waals surface area contributed by atoms with Crippen LogP contribution < -0.4 is 15.5 Å². The van der Waals surface area contributed by atoms with E-state index in [2.05, 4.69) is 23.6 Å². The standard InChI is InChI=1S/C16H21ClN4O/c1-2-21-7-3-4-14(21)10-19-11-16(22)20-15-8-13(17)6-5-12(15)9-18/h5-6,8,14,19H,2-4,7,10-11H2,1H3,(H,20,22)/p+2/t14-/m1/s1. The Labute approximate surface area is 136 Å². The number of hydrogen-bond donors (Lipinski definition) is 3. The van der Waals surface area contributed by atoms with Gasteiger partial charge in [0.05, 0.1) is 24.3 Å². The molecular weight excluding hydrogens is 300 g/mol. The molecule has 0 bridgehead atoms. The molecule has 118 valence electrons. The summed E-state index contributed by atoms with van der Waals surface area (Å²) in [7, 11) is 0. The normalized spacial score (nSPS) is 20.6. The number of rotatable bonds is 6. The Kier molecular flexibility index (Phi) is 6.20. The fraction of sp³-hybridized carbons (Fsp3) is 0.500. The van der Waals surface area contributed by atoms with E-state index in [1.165, 1.54) is 19.4 Å². The first-order valence-electron chi connectivity index (χ1n) is 7.79. The summed E-state index contributed by atoms with van der Waals surface area (Å²) >= 11 is 5.91. The van der Waals surface area contributed by atoms with Gasteiger partial charge in [-0.1, -0.05) is 11.6 Å². The molecular formula is C16H23ClN4O+2. The van der Waals surface area contributed by atoms with Crippen molar-refractivity contribution >= 4 is 23.2 Å². The van der Waals surface area contributed by atoms with Crippen molar-refractivity contribution in [3.05, 3.63) is 28.8 Å². The fourth-order valence-electron chi connectivity index (χ4n) is 3.07. The first kappa shape index (κ1) is 16.8. The molecule has 1 amide bonds. The van der Waals surface area contributed by atoms with Gasteiger partial charge in [0.2, 0.25) is 0 Å². The number of amides is 1. The summed E-state index contributed by atoms with van der Waals surface area (Å²) in [6, 6.07) is 7.57. The van der Waals surface area contributed by atoms with Crippen LogP contribution in [0.3, 0.4) is 0 Å². The summed E-state index contributed by atoms with van der Waals surface area (Å²) in [5.74, 6) is -0.102. The lowest BCUT2D eigenvalue weighted by molar-refractivity contribution is -0.923. The highest BCUT2D eigenvalue weighted by Gasteiger charge is 2.28. The van der Waals surface area contributed by atoms with Crippen LogP contribution in [0.15, 0.2) is 18.2 Å². The van der Waals surface area contributed by atoms with Crippen molar-refractivity contribution in [1.82, 2.24) is 0 Å². The van der Waals surface area contributed by atoms with Gasteiger partial charge in [0, 0.05) is 17.9 Å². The molecule has 4 N–H and O–H groups in total. The predicted molar refractivity (Wildman–Crippen MR) is 85.8 cm³/mol. The first-order chi connectivity index (χ1) is 10.6. The van der Waals surface area contributed by atoms with E-state index in [0.29, 0.717) is 28.9 Å². The van der Waals surface area contributed by atoms with E-state index >= 15 is 0 Å². The van der Waals surface area contributed by atoms with E-state index in [-0.39, 0.29) is 5.91 Å². The summed E-state index contributed by atoms with van der Waals surface area (Å²) in [6.45, 7) is 5.94. The third kappa shape index (κ3) is 4.44. The molecule has 6 heteroatoms. The van der Waals surface area contributed by atoms with Gasteiger partial charge in [-0.3, -0.25) is 4.79 Å². The Morgan fingerprint density at radius 2 is 2.41 bits per heavy atom. The van der Waals surface area contributed by atoms with Crippen molar-refractivity contribution in [2.24, 2.45) is 0 Å². The molecule has 1 aromatic carbocycles. The molecule has 22 heavy (non-hydrogen) atoms. The Bertz CT molecular complexity index is 570. The minimum atomic E-state index is -0.102. The van der Waals surface area contributed by atoms with Crippen LogP contribution in [-0.4, -0.2) is 38.1 Å². The zero-order chi connectivity index (χ0) is 15.9. The van der Waals surface area contributed by atoms with Gasteiger partial charge in [-0.05, 0) is 25.1 Å². The van der Waals surface area contributed by atoms with Crippen molar-refractivity contribution in [3.63, 3.8) is 0 Å². The number of nitrogens with zero attached hydrogens (tertiary/aromatic N) is 1. The van der Waals surface area contributed by atoms with Crippen LogP contribution in [0, 0.1) is 11.3 Å². The molecule has 0 aliphatic carbocycles. The van der Waals surface area contributed by atoms with Gasteiger partial charge in [-0.25, -0.2) is 0 Å². The number of carbonyl (C=O) groups excluding carboxylic acids is 1. The van der Waals surface area contributed by atoms with E-state index in [4.69, 9.17) is 16.9 Å². The van der Waals surface area contributed by atoms with Crippen LogP contribution in [0.5, 0.6) is 0 Å². The summed E-state index contributed by atoms with van der Waals surface area (Å²) in [5.41, 5.74) is 0.908. The van der Waals surface area contributed by atoms with Crippen molar-refractivity contribution in [3.8, 4) is 6.07 Å². The average Bonchev–Trinajstić information content (AvgIpc) is 2.95. The number of nitriles is 1. The fourth-order valence-corrected chi connectivity index (χ4v) is 3.24. The molecule has 1 fully saturated rings. The SMILES string of the molecule is CC[NH+]1CCC[C@@H]1C[NH2+]CC(=O)Nc1cc(Cl)ccc1C#N. The minimum absolute atomic E-state index is 0.102. The van der Waals surface area contributed by atoms with E-state index in [9.17, 15) is 4.79 Å². The molecule has 0 saturated carbocycles. The lowest BCUT2D eigenvalue weighted by Gasteiger charge is -2.18. The Morgan fingerprint density at radius 1 is 1.59 bits per heavy atom. The molecule has 1 saturated heterocycles. The highest BCUT2D eigenvalue weighted by Crippen LogP contribution is 2.20. The summed E-state index contributed by atoms with van der Waals surface area (Å²) in [6.07, 6.45) is 2.52. The van der Waals surface area contributed by atoms with Crippen molar-refractivity contribution in [2.45, 2.75) is 25.8 Å². The molecule has 2 rings (SSSR count). The topological polar surface area (TPSA) is 73.9 Å². The number of carbonyl (C=O) groups is 1. The number of likely N-dealkylation sites (tertiary alicyclic amines) is 1. The second-order valence-corrected chi connectivity index (χ2v) is 6.12. The van der Waals surface area contributed by atoms with Gasteiger partial charge in [0.25, 0.3) is 5.91 Å². The van der Waals surface area contributed by atoms with E-state index in [0.717, 1.165) is 13.1 Å². The largest absolute Gasteiger partial charge is 0.334 e. The molecule has 1 unspecified atom stereocenters. The molecule has 1 aliphatic heterocycles. The van der Waals surface area contributed by atoms with Crippen molar-refractivity contribution in [1.29, 1.82) is 5.26 Å². The molecule has 1 heterocycles. The average molecular weight is 323 g/mol. The quantitative estimate of drug-likeness (QED) is 0.677. The second-order valence-electron chi connectivity index (χ2n) is 5.68. The maximum absolute atomic E-state index is 12.0. The van der Waals surface area contributed by atoms with Crippen LogP contribution in [-0.2, 0) is 4.79 Å². The Balaban J connectivity index is 1.81. The van der Waals surface area contributed by atoms with Gasteiger partial charge < -0.3 is 15.5 Å². The number of quaternary nitrogens is 2. The zero-order valence-corrected chi connectivity index (χ0v) is 13.6. The smallest absolute Gasteiger partial charge is 0.279 e. The van der Waals surface area contributed by atoms with Crippen LogP contribution in [0.4, 0.5) is 5.69 Å². The molecule has 1 aromatic rings. The molecule has 1 aliphatic rings. The van der Waals surface area contributed by atoms with Gasteiger partial charge in [0.15, 0.2) is 6.54 Å². The second kappa shape index (κ2) is 8.14. The number of anilines is 1. The maximum Gasteiger partial charge on any atom is 0.279 e. The Morgan fingerprint density at radius 3 is 3.14 bits per heavy atom. The first-order valence-corrected chi connectivity index (χ1v) is 8.17. The third-order valence-corrected chi connectivity index (χ3v) is 4.47. The van der Waals surface area contributed by atoms with E-state index in [1.54, 1.807) is 23.1 Å². The number of benzene rings is 1. The molecule has 0 aromatic heterocycles. The lowest BCUT2D eigenvalue weighted by Crippen LogP contribution is -3.16. The maximum atomic E-state index is 12.0. The summed E-state index contributed by atoms with van der Waals surface area (Å²) < 4.78 is 0. The number of hydrogen-bond acceptors (Lipinski definition) is 2.